The topological polar surface area (TPSA) is 44.1 Å². The highest BCUT2D eigenvalue weighted by atomic mass is 19.1. The number of nitrogens with zero attached hydrogens (tertiary/aromatic N) is 2. The van der Waals surface area contributed by atoms with Crippen molar-refractivity contribution in [1.29, 1.82) is 5.26 Å². The fourth-order valence-corrected chi connectivity index (χ4v) is 2.26. The van der Waals surface area contributed by atoms with Crippen molar-refractivity contribution in [3.8, 4) is 6.07 Å². The lowest BCUT2D eigenvalue weighted by Gasteiger charge is -2.30. The van der Waals surface area contributed by atoms with Crippen LogP contribution in [-0.2, 0) is 11.3 Å². The van der Waals surface area contributed by atoms with Gasteiger partial charge in [0.2, 0.25) is 5.91 Å². The minimum absolute atomic E-state index is 0.0148. The minimum atomic E-state index is -0.361. The molecule has 0 spiro atoms. The number of rotatable bonds is 2. The van der Waals surface area contributed by atoms with E-state index in [9.17, 15) is 9.18 Å². The Morgan fingerprint density at radius 3 is 3.06 bits per heavy atom. The molecule has 1 unspecified atom stereocenters. The summed E-state index contributed by atoms with van der Waals surface area (Å²) in [5.41, 5.74) is 0.834. The number of likely N-dealkylation sites (tertiary alicyclic amines) is 1. The zero-order chi connectivity index (χ0) is 13.1. The number of carbonyl (C=O) groups is 1. The zero-order valence-electron chi connectivity index (χ0n) is 10.3. The third-order valence-electron chi connectivity index (χ3n) is 3.33. The van der Waals surface area contributed by atoms with Crippen LogP contribution in [0.15, 0.2) is 18.2 Å². The molecule has 3 nitrogen and oxygen atoms in total. The van der Waals surface area contributed by atoms with Gasteiger partial charge >= 0.3 is 0 Å². The predicted molar refractivity (Wildman–Crippen MR) is 64.9 cm³/mol. The van der Waals surface area contributed by atoms with E-state index in [0.717, 1.165) is 12.8 Å². The van der Waals surface area contributed by atoms with Crippen LogP contribution in [0.4, 0.5) is 4.39 Å². The van der Waals surface area contributed by atoms with E-state index >= 15 is 0 Å². The van der Waals surface area contributed by atoms with E-state index in [1.54, 1.807) is 4.90 Å². The highest BCUT2D eigenvalue weighted by molar-refractivity contribution is 5.79. The first-order valence-electron chi connectivity index (χ1n) is 6.09. The third-order valence-corrected chi connectivity index (χ3v) is 3.33. The number of benzene rings is 1. The molecule has 0 N–H and O–H groups in total. The molecule has 0 bridgehead atoms. The van der Waals surface area contributed by atoms with Gasteiger partial charge in [-0.05, 0) is 31.0 Å². The number of halogens is 1. The number of nitriles is 1. The quantitative estimate of drug-likeness (QED) is 0.804. The van der Waals surface area contributed by atoms with Crippen LogP contribution in [0.3, 0.4) is 0 Å². The second-order valence-corrected chi connectivity index (χ2v) is 4.72. The number of amides is 1. The molecular formula is C14H15FN2O. The van der Waals surface area contributed by atoms with Crippen molar-refractivity contribution in [1.82, 2.24) is 4.90 Å². The fourth-order valence-electron chi connectivity index (χ4n) is 2.26. The SMILES string of the molecule is CC1CCCN(Cc2cc(C#N)ccc2F)C1=O. The van der Waals surface area contributed by atoms with Gasteiger partial charge in [0.1, 0.15) is 5.82 Å². The maximum atomic E-state index is 13.6. The number of hydrogen-bond acceptors (Lipinski definition) is 2. The van der Waals surface area contributed by atoms with Gasteiger partial charge in [0.25, 0.3) is 0 Å². The van der Waals surface area contributed by atoms with Gasteiger partial charge in [-0.15, -0.1) is 0 Å². The summed E-state index contributed by atoms with van der Waals surface area (Å²) in [4.78, 5) is 13.6. The van der Waals surface area contributed by atoms with Crippen molar-refractivity contribution < 1.29 is 9.18 Å². The van der Waals surface area contributed by atoms with Crippen LogP contribution in [0.5, 0.6) is 0 Å². The highest BCUT2D eigenvalue weighted by Gasteiger charge is 2.25. The molecule has 0 aromatic heterocycles. The molecule has 0 aliphatic carbocycles. The Morgan fingerprint density at radius 1 is 1.56 bits per heavy atom. The summed E-state index contributed by atoms with van der Waals surface area (Å²) in [6, 6.07) is 6.22. The number of carbonyl (C=O) groups excluding carboxylic acids is 1. The molecule has 0 saturated carbocycles. The first-order valence-corrected chi connectivity index (χ1v) is 6.09. The van der Waals surface area contributed by atoms with Crippen molar-refractivity contribution in [2.45, 2.75) is 26.3 Å². The number of hydrogen-bond donors (Lipinski definition) is 0. The second kappa shape index (κ2) is 5.18. The Balaban J connectivity index is 2.18. The molecule has 0 radical (unpaired) electrons. The molecule has 94 valence electrons. The van der Waals surface area contributed by atoms with E-state index in [1.807, 2.05) is 13.0 Å². The summed E-state index contributed by atoms with van der Waals surface area (Å²) >= 11 is 0. The zero-order valence-corrected chi connectivity index (χ0v) is 10.3. The maximum absolute atomic E-state index is 13.6. The van der Waals surface area contributed by atoms with E-state index in [4.69, 9.17) is 5.26 Å². The van der Waals surface area contributed by atoms with E-state index in [0.29, 0.717) is 17.7 Å². The summed E-state index contributed by atoms with van der Waals surface area (Å²) in [6.45, 7) is 2.82. The molecule has 1 aliphatic heterocycles. The van der Waals surface area contributed by atoms with Gasteiger partial charge in [-0.25, -0.2) is 4.39 Å². The van der Waals surface area contributed by atoms with Gasteiger partial charge in [0.05, 0.1) is 11.6 Å². The summed E-state index contributed by atoms with van der Waals surface area (Å²) < 4.78 is 13.6. The van der Waals surface area contributed by atoms with Gasteiger partial charge in [0, 0.05) is 24.6 Å². The lowest BCUT2D eigenvalue weighted by molar-refractivity contribution is -0.138. The first-order chi connectivity index (χ1) is 8.61. The maximum Gasteiger partial charge on any atom is 0.225 e. The van der Waals surface area contributed by atoms with Crippen LogP contribution in [0.1, 0.15) is 30.9 Å². The molecule has 1 heterocycles. The van der Waals surface area contributed by atoms with Gasteiger partial charge in [0.15, 0.2) is 0 Å². The van der Waals surface area contributed by atoms with Crippen LogP contribution in [0.25, 0.3) is 0 Å². The van der Waals surface area contributed by atoms with E-state index < -0.39 is 0 Å². The molecule has 1 aromatic rings. The highest BCUT2D eigenvalue weighted by Crippen LogP contribution is 2.21. The Morgan fingerprint density at radius 2 is 2.33 bits per heavy atom. The monoisotopic (exact) mass is 246 g/mol. The van der Waals surface area contributed by atoms with Gasteiger partial charge in [-0.1, -0.05) is 6.92 Å². The Kier molecular flexibility index (Phi) is 3.61. The van der Waals surface area contributed by atoms with Crippen LogP contribution in [0, 0.1) is 23.1 Å². The summed E-state index contributed by atoms with van der Waals surface area (Å²) in [6.07, 6.45) is 1.85. The smallest absolute Gasteiger partial charge is 0.225 e. The minimum Gasteiger partial charge on any atom is -0.338 e. The second-order valence-electron chi connectivity index (χ2n) is 4.72. The van der Waals surface area contributed by atoms with Gasteiger partial charge in [-0.3, -0.25) is 4.79 Å². The molecule has 18 heavy (non-hydrogen) atoms. The molecule has 1 amide bonds. The van der Waals surface area contributed by atoms with Crippen LogP contribution < -0.4 is 0 Å². The van der Waals surface area contributed by atoms with Gasteiger partial charge < -0.3 is 4.90 Å². The number of piperidine rings is 1. The van der Waals surface area contributed by atoms with E-state index in [2.05, 4.69) is 0 Å². The third kappa shape index (κ3) is 2.51. The normalized spacial score (nSPS) is 19.7. The van der Waals surface area contributed by atoms with Gasteiger partial charge in [-0.2, -0.15) is 5.26 Å². The lowest BCUT2D eigenvalue weighted by atomic mass is 9.98. The molecular weight excluding hydrogens is 231 g/mol. The molecule has 1 aromatic carbocycles. The predicted octanol–water partition coefficient (Wildman–Crippen LogP) is 2.46. The van der Waals surface area contributed by atoms with Crippen molar-refractivity contribution in [2.24, 2.45) is 5.92 Å². The molecule has 4 heteroatoms. The van der Waals surface area contributed by atoms with Crippen molar-refractivity contribution in [2.75, 3.05) is 6.54 Å². The molecule has 1 aliphatic rings. The lowest BCUT2D eigenvalue weighted by Crippen LogP contribution is -2.39. The summed E-state index contributed by atoms with van der Waals surface area (Å²) in [5, 5.41) is 8.80. The van der Waals surface area contributed by atoms with Crippen molar-refractivity contribution in [3.05, 3.63) is 35.1 Å². The molecule has 1 fully saturated rings. The Labute approximate surface area is 106 Å². The fraction of sp³-hybridized carbons (Fsp3) is 0.429. The standard InChI is InChI=1S/C14H15FN2O/c1-10-3-2-6-17(14(10)18)9-12-7-11(8-16)4-5-13(12)15/h4-5,7,10H,2-3,6,9H2,1H3. The van der Waals surface area contributed by atoms with E-state index in [-0.39, 0.29) is 24.2 Å². The van der Waals surface area contributed by atoms with E-state index in [1.165, 1.54) is 18.2 Å². The summed E-state index contributed by atoms with van der Waals surface area (Å²) in [7, 11) is 0. The van der Waals surface area contributed by atoms with Crippen LogP contribution >= 0.6 is 0 Å². The summed E-state index contributed by atoms with van der Waals surface area (Å²) in [5.74, 6) is -0.274. The molecule has 1 saturated heterocycles. The largest absolute Gasteiger partial charge is 0.338 e. The average Bonchev–Trinajstić information content (AvgIpc) is 2.37. The van der Waals surface area contributed by atoms with Crippen LogP contribution in [-0.4, -0.2) is 17.4 Å². The first kappa shape index (κ1) is 12.6. The Hall–Kier alpha value is -1.89. The van der Waals surface area contributed by atoms with Crippen molar-refractivity contribution >= 4 is 5.91 Å². The van der Waals surface area contributed by atoms with Crippen LogP contribution in [0.2, 0.25) is 0 Å². The average molecular weight is 246 g/mol. The van der Waals surface area contributed by atoms with Crippen molar-refractivity contribution in [3.63, 3.8) is 0 Å². The Bertz CT molecular complexity index is 507. The molecule has 2 rings (SSSR count). The molecule has 1 atom stereocenters.